The van der Waals surface area contributed by atoms with Crippen molar-refractivity contribution in [1.82, 2.24) is 4.98 Å². The lowest BCUT2D eigenvalue weighted by molar-refractivity contribution is 0.483. The summed E-state index contributed by atoms with van der Waals surface area (Å²) in [6.07, 6.45) is 1.72. The normalized spacial score (nSPS) is 11.3. The first kappa shape index (κ1) is 17.9. The molecule has 0 spiro atoms. The summed E-state index contributed by atoms with van der Waals surface area (Å²) in [7, 11) is -3.83. The molecule has 1 aromatic heterocycles. The largest absolute Gasteiger partial charge is 0.457 e. The summed E-state index contributed by atoms with van der Waals surface area (Å²) in [5.74, 6) is 0.585. The molecule has 0 aliphatic rings. The van der Waals surface area contributed by atoms with Gasteiger partial charge in [0.25, 0.3) is 10.0 Å². The average Bonchev–Trinajstić information content (AvgIpc) is 2.68. The number of sulfonamides is 1. The third-order valence-corrected chi connectivity index (χ3v) is 5.42. The summed E-state index contributed by atoms with van der Waals surface area (Å²) in [4.78, 5) is 4.24. The molecule has 3 aromatic carbocycles. The number of nitrogens with one attached hydrogen (secondary N) is 1. The lowest BCUT2D eigenvalue weighted by atomic mass is 10.2. The third-order valence-electron chi connectivity index (χ3n) is 4.02. The summed E-state index contributed by atoms with van der Waals surface area (Å²) in [5.41, 5.74) is 1.19. The molecular weight excluding hydrogens is 379 g/mol. The zero-order chi connectivity index (χ0) is 19.6. The Hall–Kier alpha value is -3.45. The van der Waals surface area contributed by atoms with Crippen LogP contribution in [0.2, 0.25) is 0 Å². The van der Waals surface area contributed by atoms with Crippen LogP contribution >= 0.6 is 0 Å². The number of anilines is 1. The summed E-state index contributed by atoms with van der Waals surface area (Å²) in [6.45, 7) is 0. The Bertz CT molecular complexity index is 1240. The van der Waals surface area contributed by atoms with Gasteiger partial charge < -0.3 is 4.74 Å². The first-order valence-electron chi connectivity index (χ1n) is 8.41. The van der Waals surface area contributed by atoms with Crippen molar-refractivity contribution >= 4 is 26.6 Å². The number of aromatic nitrogens is 1. The third kappa shape index (κ3) is 3.94. The number of hydrogen-bond acceptors (Lipinski definition) is 4. The highest BCUT2D eigenvalue weighted by atomic mass is 32.2. The zero-order valence-electron chi connectivity index (χ0n) is 14.5. The van der Waals surface area contributed by atoms with Gasteiger partial charge in [-0.1, -0.05) is 12.1 Å². The van der Waals surface area contributed by atoms with Crippen LogP contribution in [-0.4, -0.2) is 13.4 Å². The molecule has 0 fully saturated rings. The molecule has 0 radical (unpaired) electrons. The van der Waals surface area contributed by atoms with E-state index in [0.29, 0.717) is 17.2 Å². The quantitative estimate of drug-likeness (QED) is 0.519. The van der Waals surface area contributed by atoms with Crippen LogP contribution in [0.4, 0.5) is 10.1 Å². The van der Waals surface area contributed by atoms with Crippen LogP contribution in [0, 0.1) is 5.82 Å². The van der Waals surface area contributed by atoms with Crippen LogP contribution in [0.1, 0.15) is 0 Å². The number of ether oxygens (including phenoxy) is 1. The number of nitrogens with zero attached hydrogens (tertiary/aromatic N) is 1. The Labute approximate surface area is 161 Å². The molecule has 0 amide bonds. The van der Waals surface area contributed by atoms with E-state index in [4.69, 9.17) is 4.74 Å². The topological polar surface area (TPSA) is 68.3 Å². The molecule has 0 aliphatic carbocycles. The van der Waals surface area contributed by atoms with Crippen LogP contribution < -0.4 is 9.46 Å². The van der Waals surface area contributed by atoms with Gasteiger partial charge in [0, 0.05) is 17.6 Å². The molecule has 4 aromatic rings. The van der Waals surface area contributed by atoms with E-state index < -0.39 is 15.8 Å². The van der Waals surface area contributed by atoms with Crippen molar-refractivity contribution < 1.29 is 17.5 Å². The lowest BCUT2D eigenvalue weighted by Crippen LogP contribution is -2.12. The predicted molar refractivity (Wildman–Crippen MR) is 105 cm³/mol. The van der Waals surface area contributed by atoms with E-state index in [9.17, 15) is 12.8 Å². The van der Waals surface area contributed by atoms with Crippen molar-refractivity contribution in [3.05, 3.63) is 90.9 Å². The minimum absolute atomic E-state index is 0.0257. The first-order chi connectivity index (χ1) is 13.5. The van der Waals surface area contributed by atoms with Crippen molar-refractivity contribution in [1.29, 1.82) is 0 Å². The van der Waals surface area contributed by atoms with Gasteiger partial charge in [-0.2, -0.15) is 0 Å². The second-order valence-electron chi connectivity index (χ2n) is 6.05. The molecule has 4 rings (SSSR count). The summed E-state index contributed by atoms with van der Waals surface area (Å²) >= 11 is 0. The van der Waals surface area contributed by atoms with Crippen molar-refractivity contribution in [3.8, 4) is 11.5 Å². The molecule has 0 unspecified atom stereocenters. The number of rotatable bonds is 5. The van der Waals surface area contributed by atoms with Crippen LogP contribution in [-0.2, 0) is 10.0 Å². The number of fused-ring (bicyclic) bond motifs is 1. The van der Waals surface area contributed by atoms with E-state index >= 15 is 0 Å². The zero-order valence-corrected chi connectivity index (χ0v) is 15.4. The van der Waals surface area contributed by atoms with Crippen molar-refractivity contribution in [2.45, 2.75) is 4.90 Å². The Morgan fingerprint density at radius 3 is 2.46 bits per heavy atom. The number of benzene rings is 3. The second-order valence-corrected chi connectivity index (χ2v) is 7.73. The molecule has 1 heterocycles. The van der Waals surface area contributed by atoms with Gasteiger partial charge in [0.2, 0.25) is 0 Å². The van der Waals surface area contributed by atoms with Gasteiger partial charge in [-0.25, -0.2) is 12.8 Å². The van der Waals surface area contributed by atoms with Gasteiger partial charge in [0.15, 0.2) is 0 Å². The molecular formula is C21H15FN2O3S. The molecule has 0 aliphatic heterocycles. The summed E-state index contributed by atoms with van der Waals surface area (Å²) in [6, 6.07) is 20.5. The van der Waals surface area contributed by atoms with Crippen molar-refractivity contribution in [3.63, 3.8) is 0 Å². The molecule has 1 N–H and O–H groups in total. The van der Waals surface area contributed by atoms with E-state index in [2.05, 4.69) is 9.71 Å². The van der Waals surface area contributed by atoms with Gasteiger partial charge >= 0.3 is 0 Å². The highest BCUT2D eigenvalue weighted by Gasteiger charge is 2.14. The maximum atomic E-state index is 13.0. The molecule has 7 heteroatoms. The summed E-state index contributed by atoms with van der Waals surface area (Å²) in [5, 5.41) is 0.938. The fourth-order valence-corrected chi connectivity index (χ4v) is 3.75. The Kier molecular flexibility index (Phi) is 4.67. The predicted octanol–water partition coefficient (Wildman–Crippen LogP) is 4.97. The van der Waals surface area contributed by atoms with Crippen LogP contribution in [0.3, 0.4) is 0 Å². The SMILES string of the molecule is O=S(=O)(Nc1cccc(Oc2ccc3ncccc3c2)c1)c1ccc(F)cc1. The monoisotopic (exact) mass is 394 g/mol. The Morgan fingerprint density at radius 2 is 1.64 bits per heavy atom. The highest BCUT2D eigenvalue weighted by Crippen LogP contribution is 2.27. The van der Waals surface area contributed by atoms with E-state index in [0.717, 1.165) is 23.0 Å². The number of halogens is 1. The molecule has 0 saturated carbocycles. The highest BCUT2D eigenvalue weighted by molar-refractivity contribution is 7.92. The summed E-state index contributed by atoms with van der Waals surface area (Å²) < 4.78 is 46.2. The van der Waals surface area contributed by atoms with Crippen molar-refractivity contribution in [2.24, 2.45) is 0 Å². The van der Waals surface area contributed by atoms with Gasteiger partial charge in [0.1, 0.15) is 17.3 Å². The van der Waals surface area contributed by atoms with Gasteiger partial charge in [-0.3, -0.25) is 9.71 Å². The minimum atomic E-state index is -3.83. The number of hydrogen-bond donors (Lipinski definition) is 1. The van der Waals surface area contributed by atoms with Crippen LogP contribution in [0.5, 0.6) is 11.5 Å². The molecule has 0 atom stereocenters. The number of pyridine rings is 1. The maximum Gasteiger partial charge on any atom is 0.261 e. The van der Waals surface area contributed by atoms with E-state index in [1.54, 1.807) is 36.5 Å². The minimum Gasteiger partial charge on any atom is -0.457 e. The fourth-order valence-electron chi connectivity index (χ4n) is 2.70. The Balaban J connectivity index is 1.56. The van der Waals surface area contributed by atoms with E-state index in [1.807, 2.05) is 24.3 Å². The molecule has 28 heavy (non-hydrogen) atoms. The van der Waals surface area contributed by atoms with Crippen LogP contribution in [0.25, 0.3) is 10.9 Å². The standard InChI is InChI=1S/C21H15FN2O3S/c22-16-6-9-20(10-7-16)28(25,26)24-17-4-1-5-18(14-17)27-19-8-11-21-15(13-19)3-2-12-23-21/h1-14,24H. The van der Waals surface area contributed by atoms with Gasteiger partial charge in [-0.05, 0) is 60.7 Å². The molecule has 140 valence electrons. The average molecular weight is 394 g/mol. The molecule has 0 bridgehead atoms. The van der Waals surface area contributed by atoms with Crippen molar-refractivity contribution in [2.75, 3.05) is 4.72 Å². The molecule has 5 nitrogen and oxygen atoms in total. The van der Waals surface area contributed by atoms with E-state index in [-0.39, 0.29) is 4.90 Å². The second kappa shape index (κ2) is 7.28. The van der Waals surface area contributed by atoms with Crippen LogP contribution in [0.15, 0.2) is 90.0 Å². The maximum absolute atomic E-state index is 13.0. The fraction of sp³-hybridized carbons (Fsp3) is 0. The van der Waals surface area contributed by atoms with Gasteiger partial charge in [0.05, 0.1) is 16.1 Å². The lowest BCUT2D eigenvalue weighted by Gasteiger charge is -2.11. The molecule has 0 saturated heterocycles. The first-order valence-corrected chi connectivity index (χ1v) is 9.89. The smallest absolute Gasteiger partial charge is 0.261 e. The van der Waals surface area contributed by atoms with Gasteiger partial charge in [-0.15, -0.1) is 0 Å². The Morgan fingerprint density at radius 1 is 0.857 bits per heavy atom. The van der Waals surface area contributed by atoms with E-state index in [1.165, 1.54) is 12.1 Å².